The fraction of sp³-hybridized carbons (Fsp3) is 0.500. The van der Waals surface area contributed by atoms with E-state index in [1.807, 2.05) is 13.8 Å². The first-order chi connectivity index (χ1) is 10.2. The number of carbonyl (C=O) groups excluding carboxylic acids is 1. The van der Waals surface area contributed by atoms with Gasteiger partial charge in [-0.15, -0.1) is 24.0 Å². The maximum atomic E-state index is 11.6. The maximum Gasteiger partial charge on any atom is 0.239 e. The summed E-state index contributed by atoms with van der Waals surface area (Å²) in [6.07, 6.45) is 0.938. The van der Waals surface area contributed by atoms with Gasteiger partial charge in [-0.1, -0.05) is 36.8 Å². The molecule has 124 valence electrons. The van der Waals surface area contributed by atoms with Crippen LogP contribution in [-0.2, 0) is 11.3 Å². The Hall–Kier alpha value is -1.31. The number of guanidine groups is 1. The van der Waals surface area contributed by atoms with Gasteiger partial charge >= 0.3 is 0 Å². The van der Waals surface area contributed by atoms with Gasteiger partial charge in [-0.3, -0.25) is 4.79 Å². The number of carbonyl (C=O) groups is 1. The van der Waals surface area contributed by atoms with Gasteiger partial charge < -0.3 is 16.0 Å². The Bertz CT molecular complexity index is 460. The monoisotopic (exact) mass is 418 g/mol. The van der Waals surface area contributed by atoms with Gasteiger partial charge in [-0.25, -0.2) is 4.99 Å². The van der Waals surface area contributed by atoms with Crippen molar-refractivity contribution in [1.82, 2.24) is 16.0 Å². The molecule has 0 unspecified atom stereocenters. The number of benzene rings is 1. The van der Waals surface area contributed by atoms with E-state index in [0.29, 0.717) is 19.0 Å². The summed E-state index contributed by atoms with van der Waals surface area (Å²) in [6.45, 7) is 8.38. The molecule has 0 spiro atoms. The quantitative estimate of drug-likeness (QED) is 0.362. The third-order valence-electron chi connectivity index (χ3n) is 2.87. The minimum absolute atomic E-state index is 0. The van der Waals surface area contributed by atoms with Crippen molar-refractivity contribution in [2.45, 2.75) is 33.7 Å². The Kier molecular flexibility index (Phi) is 11.5. The molecule has 1 aromatic carbocycles. The molecule has 3 N–H and O–H groups in total. The molecule has 1 aromatic rings. The summed E-state index contributed by atoms with van der Waals surface area (Å²) >= 11 is 0. The number of halogens is 1. The second kappa shape index (κ2) is 12.3. The molecule has 0 aliphatic rings. The van der Waals surface area contributed by atoms with Crippen molar-refractivity contribution in [2.24, 2.45) is 4.99 Å². The van der Waals surface area contributed by atoms with Crippen LogP contribution in [0.25, 0.3) is 0 Å². The SMILES string of the molecule is CCCNC(=O)CNC(=NCc1ccc(C)cc1)NCC.I. The number of hydrogen-bond acceptors (Lipinski definition) is 2. The average molecular weight is 418 g/mol. The fourth-order valence-corrected chi connectivity index (χ4v) is 1.70. The van der Waals surface area contributed by atoms with Gasteiger partial charge in [0.2, 0.25) is 5.91 Å². The van der Waals surface area contributed by atoms with Gasteiger partial charge in [0.05, 0.1) is 13.1 Å². The first kappa shape index (κ1) is 20.7. The summed E-state index contributed by atoms with van der Waals surface area (Å²) in [6, 6.07) is 8.28. The van der Waals surface area contributed by atoms with E-state index in [0.717, 1.165) is 18.5 Å². The minimum atomic E-state index is -0.0159. The number of amides is 1. The average Bonchev–Trinajstić information content (AvgIpc) is 2.49. The molecule has 0 aliphatic carbocycles. The van der Waals surface area contributed by atoms with Gasteiger partial charge in [0.1, 0.15) is 0 Å². The molecule has 0 aromatic heterocycles. The first-order valence-corrected chi connectivity index (χ1v) is 7.50. The predicted molar refractivity (Wildman–Crippen MR) is 103 cm³/mol. The van der Waals surface area contributed by atoms with Gasteiger partial charge in [-0.05, 0) is 25.8 Å². The van der Waals surface area contributed by atoms with Crippen molar-refractivity contribution < 1.29 is 4.79 Å². The Morgan fingerprint density at radius 1 is 1.09 bits per heavy atom. The highest BCUT2D eigenvalue weighted by Gasteiger charge is 2.02. The molecule has 0 heterocycles. The van der Waals surface area contributed by atoms with Crippen LogP contribution in [0.4, 0.5) is 0 Å². The third-order valence-corrected chi connectivity index (χ3v) is 2.87. The van der Waals surface area contributed by atoms with E-state index in [1.54, 1.807) is 0 Å². The van der Waals surface area contributed by atoms with Crippen LogP contribution >= 0.6 is 24.0 Å². The molecular weight excluding hydrogens is 391 g/mol. The summed E-state index contributed by atoms with van der Waals surface area (Å²) in [5.41, 5.74) is 2.38. The van der Waals surface area contributed by atoms with Crippen molar-refractivity contribution in [1.29, 1.82) is 0 Å². The lowest BCUT2D eigenvalue weighted by Crippen LogP contribution is -2.43. The van der Waals surface area contributed by atoms with E-state index < -0.39 is 0 Å². The summed E-state index contributed by atoms with van der Waals surface area (Å²) in [4.78, 5) is 16.0. The first-order valence-electron chi connectivity index (χ1n) is 7.50. The largest absolute Gasteiger partial charge is 0.357 e. The minimum Gasteiger partial charge on any atom is -0.357 e. The summed E-state index contributed by atoms with van der Waals surface area (Å²) in [5.74, 6) is 0.641. The molecule has 0 aliphatic heterocycles. The highest BCUT2D eigenvalue weighted by molar-refractivity contribution is 14.0. The number of aliphatic imine (C=N–C) groups is 1. The van der Waals surface area contributed by atoms with Crippen molar-refractivity contribution in [2.75, 3.05) is 19.6 Å². The number of nitrogens with one attached hydrogen (secondary N) is 3. The molecule has 22 heavy (non-hydrogen) atoms. The molecule has 1 rings (SSSR count). The van der Waals surface area contributed by atoms with Crippen LogP contribution in [0.2, 0.25) is 0 Å². The Labute approximate surface area is 150 Å². The van der Waals surface area contributed by atoms with Crippen molar-refractivity contribution >= 4 is 35.8 Å². The molecule has 6 heteroatoms. The van der Waals surface area contributed by atoms with Crippen molar-refractivity contribution in [3.63, 3.8) is 0 Å². The second-order valence-corrected chi connectivity index (χ2v) is 4.88. The van der Waals surface area contributed by atoms with E-state index in [9.17, 15) is 4.79 Å². The van der Waals surface area contributed by atoms with Gasteiger partial charge in [0.15, 0.2) is 5.96 Å². The fourth-order valence-electron chi connectivity index (χ4n) is 1.70. The smallest absolute Gasteiger partial charge is 0.239 e. The highest BCUT2D eigenvalue weighted by atomic mass is 127. The van der Waals surface area contributed by atoms with E-state index in [-0.39, 0.29) is 36.4 Å². The maximum absolute atomic E-state index is 11.6. The molecule has 0 bridgehead atoms. The van der Waals surface area contributed by atoms with Crippen molar-refractivity contribution in [3.05, 3.63) is 35.4 Å². The summed E-state index contributed by atoms with van der Waals surface area (Å²) in [7, 11) is 0. The van der Waals surface area contributed by atoms with E-state index in [2.05, 4.69) is 52.1 Å². The molecule has 5 nitrogen and oxygen atoms in total. The lowest BCUT2D eigenvalue weighted by Gasteiger charge is -2.11. The molecule has 0 radical (unpaired) electrons. The standard InChI is InChI=1S/C16H26N4O.HI/c1-4-10-18-15(21)12-20-16(17-5-2)19-11-14-8-6-13(3)7-9-14;/h6-9H,4-5,10-12H2,1-3H3,(H,18,21)(H2,17,19,20);1H. The van der Waals surface area contributed by atoms with Crippen LogP contribution in [0.3, 0.4) is 0 Å². The van der Waals surface area contributed by atoms with Crippen LogP contribution in [-0.4, -0.2) is 31.5 Å². The zero-order chi connectivity index (χ0) is 15.5. The van der Waals surface area contributed by atoms with Crippen LogP contribution in [0.1, 0.15) is 31.4 Å². The Balaban J connectivity index is 0.00000441. The van der Waals surface area contributed by atoms with Crippen LogP contribution < -0.4 is 16.0 Å². The second-order valence-electron chi connectivity index (χ2n) is 4.88. The van der Waals surface area contributed by atoms with Crippen molar-refractivity contribution in [3.8, 4) is 0 Å². The van der Waals surface area contributed by atoms with E-state index in [1.165, 1.54) is 5.56 Å². The van der Waals surface area contributed by atoms with Gasteiger partial charge in [-0.2, -0.15) is 0 Å². The third kappa shape index (κ3) is 8.86. The molecule has 0 saturated heterocycles. The highest BCUT2D eigenvalue weighted by Crippen LogP contribution is 2.04. The Morgan fingerprint density at radius 3 is 2.36 bits per heavy atom. The van der Waals surface area contributed by atoms with Crippen LogP contribution in [0, 0.1) is 6.92 Å². The van der Waals surface area contributed by atoms with Crippen LogP contribution in [0.5, 0.6) is 0 Å². The van der Waals surface area contributed by atoms with E-state index >= 15 is 0 Å². The normalized spacial score (nSPS) is 10.6. The number of nitrogens with zero attached hydrogens (tertiary/aromatic N) is 1. The number of aryl methyl sites for hydroxylation is 1. The molecular formula is C16H27IN4O. The predicted octanol–water partition coefficient (Wildman–Crippen LogP) is 2.19. The number of hydrogen-bond donors (Lipinski definition) is 3. The van der Waals surface area contributed by atoms with Crippen LogP contribution in [0.15, 0.2) is 29.3 Å². The van der Waals surface area contributed by atoms with Gasteiger partial charge in [0.25, 0.3) is 0 Å². The lowest BCUT2D eigenvalue weighted by molar-refractivity contribution is -0.120. The zero-order valence-corrected chi connectivity index (χ0v) is 15.9. The topological polar surface area (TPSA) is 65.5 Å². The van der Waals surface area contributed by atoms with Gasteiger partial charge in [0, 0.05) is 13.1 Å². The van der Waals surface area contributed by atoms with E-state index in [4.69, 9.17) is 0 Å². The lowest BCUT2D eigenvalue weighted by atomic mass is 10.1. The summed E-state index contributed by atoms with van der Waals surface area (Å²) in [5, 5.41) is 9.00. The summed E-state index contributed by atoms with van der Waals surface area (Å²) < 4.78 is 0. The molecule has 0 saturated carbocycles. The number of rotatable bonds is 7. The zero-order valence-electron chi connectivity index (χ0n) is 13.6. The molecule has 0 atom stereocenters. The molecule has 1 amide bonds. The molecule has 0 fully saturated rings. The Morgan fingerprint density at radius 2 is 1.77 bits per heavy atom.